The van der Waals surface area contributed by atoms with Crippen molar-refractivity contribution >= 4 is 15.8 Å². The number of carbonyl (C=O) groups excluding carboxylic acids is 1. The monoisotopic (exact) mass is 250 g/mol. The minimum atomic E-state index is -3.24. The lowest BCUT2D eigenvalue weighted by atomic mass is 9.74. The molecule has 0 aromatic heterocycles. The SMILES string of the molecule is CCOC(=O)C(C)(C)C1(O)CCS(=O)(=O)C1. The lowest BCUT2D eigenvalue weighted by molar-refractivity contribution is -0.168. The summed E-state index contributed by atoms with van der Waals surface area (Å²) in [7, 11) is -3.24. The van der Waals surface area contributed by atoms with Crippen molar-refractivity contribution in [2.24, 2.45) is 5.41 Å². The van der Waals surface area contributed by atoms with Crippen LogP contribution in [-0.4, -0.2) is 43.2 Å². The van der Waals surface area contributed by atoms with Crippen LogP contribution in [0.4, 0.5) is 0 Å². The first-order valence-electron chi connectivity index (χ1n) is 5.25. The zero-order valence-corrected chi connectivity index (χ0v) is 10.6. The Kier molecular flexibility index (Phi) is 3.36. The molecule has 0 aromatic rings. The van der Waals surface area contributed by atoms with Gasteiger partial charge in [0.25, 0.3) is 0 Å². The van der Waals surface area contributed by atoms with Crippen LogP contribution in [0.5, 0.6) is 0 Å². The van der Waals surface area contributed by atoms with E-state index in [-0.39, 0.29) is 24.5 Å². The van der Waals surface area contributed by atoms with E-state index >= 15 is 0 Å². The number of rotatable bonds is 3. The Morgan fingerprint density at radius 1 is 1.50 bits per heavy atom. The van der Waals surface area contributed by atoms with Crippen LogP contribution in [0.25, 0.3) is 0 Å². The minimum Gasteiger partial charge on any atom is -0.465 e. The predicted octanol–water partition coefficient (Wildman–Crippen LogP) is 0.125. The highest BCUT2D eigenvalue weighted by atomic mass is 32.2. The molecule has 1 unspecified atom stereocenters. The summed E-state index contributed by atoms with van der Waals surface area (Å²) < 4.78 is 27.6. The van der Waals surface area contributed by atoms with Gasteiger partial charge >= 0.3 is 5.97 Å². The maximum atomic E-state index is 11.7. The third-order valence-corrected chi connectivity index (χ3v) is 4.98. The Bertz CT molecular complexity index is 384. The van der Waals surface area contributed by atoms with E-state index in [9.17, 15) is 18.3 Å². The van der Waals surface area contributed by atoms with E-state index in [4.69, 9.17) is 4.74 Å². The topological polar surface area (TPSA) is 80.7 Å². The molecule has 0 radical (unpaired) electrons. The Balaban J connectivity index is 2.96. The van der Waals surface area contributed by atoms with Crippen LogP contribution in [-0.2, 0) is 19.4 Å². The van der Waals surface area contributed by atoms with Crippen molar-refractivity contribution in [1.29, 1.82) is 0 Å². The fraction of sp³-hybridized carbons (Fsp3) is 0.900. The lowest BCUT2D eigenvalue weighted by Crippen LogP contribution is -2.51. The summed E-state index contributed by atoms with van der Waals surface area (Å²) in [6, 6.07) is 0. The Morgan fingerprint density at radius 2 is 2.06 bits per heavy atom. The number of aliphatic hydroxyl groups is 1. The second-order valence-corrected chi connectivity index (χ2v) is 6.90. The highest BCUT2D eigenvalue weighted by molar-refractivity contribution is 7.91. The molecule has 0 spiro atoms. The smallest absolute Gasteiger partial charge is 0.314 e. The van der Waals surface area contributed by atoms with Gasteiger partial charge in [0.2, 0.25) is 0 Å². The van der Waals surface area contributed by atoms with Gasteiger partial charge in [-0.05, 0) is 27.2 Å². The third kappa shape index (κ3) is 2.22. The van der Waals surface area contributed by atoms with Crippen LogP contribution in [0.3, 0.4) is 0 Å². The summed E-state index contributed by atoms with van der Waals surface area (Å²) in [5, 5.41) is 10.3. The number of ether oxygens (including phenoxy) is 1. The first kappa shape index (κ1) is 13.4. The molecule has 0 aliphatic carbocycles. The van der Waals surface area contributed by atoms with Crippen LogP contribution in [0.1, 0.15) is 27.2 Å². The zero-order chi connectivity index (χ0) is 12.6. The van der Waals surface area contributed by atoms with E-state index in [1.54, 1.807) is 6.92 Å². The van der Waals surface area contributed by atoms with Crippen LogP contribution in [0.2, 0.25) is 0 Å². The molecule has 1 fully saturated rings. The van der Waals surface area contributed by atoms with Gasteiger partial charge in [0, 0.05) is 0 Å². The molecule has 16 heavy (non-hydrogen) atoms. The van der Waals surface area contributed by atoms with E-state index in [0.717, 1.165) is 0 Å². The van der Waals surface area contributed by atoms with E-state index in [0.29, 0.717) is 0 Å². The first-order chi connectivity index (χ1) is 7.15. The Hall–Kier alpha value is -0.620. The number of hydrogen-bond donors (Lipinski definition) is 1. The van der Waals surface area contributed by atoms with Gasteiger partial charge in [0.1, 0.15) is 0 Å². The van der Waals surface area contributed by atoms with Gasteiger partial charge in [-0.2, -0.15) is 0 Å². The fourth-order valence-electron chi connectivity index (χ4n) is 1.83. The van der Waals surface area contributed by atoms with Crippen molar-refractivity contribution in [3.8, 4) is 0 Å². The molecule has 0 saturated carbocycles. The van der Waals surface area contributed by atoms with Crippen molar-refractivity contribution < 1.29 is 23.1 Å². The lowest BCUT2D eigenvalue weighted by Gasteiger charge is -2.36. The molecule has 1 heterocycles. The average Bonchev–Trinajstić information content (AvgIpc) is 2.42. The second kappa shape index (κ2) is 4.00. The normalized spacial score (nSPS) is 29.0. The molecule has 1 atom stereocenters. The first-order valence-corrected chi connectivity index (χ1v) is 7.07. The highest BCUT2D eigenvalue weighted by Crippen LogP contribution is 2.40. The summed E-state index contributed by atoms with van der Waals surface area (Å²) in [6.07, 6.45) is 0.0845. The van der Waals surface area contributed by atoms with Gasteiger partial charge in [0.15, 0.2) is 9.84 Å². The molecule has 0 aromatic carbocycles. The summed E-state index contributed by atoms with van der Waals surface area (Å²) in [5.74, 6) is -1.01. The molecule has 0 amide bonds. The van der Waals surface area contributed by atoms with Crippen molar-refractivity contribution in [2.45, 2.75) is 32.8 Å². The third-order valence-electron chi connectivity index (χ3n) is 3.23. The molecule has 1 aliphatic heterocycles. The molecule has 5 nitrogen and oxygen atoms in total. The molecule has 94 valence electrons. The molecule has 1 aliphatic rings. The average molecular weight is 250 g/mol. The van der Waals surface area contributed by atoms with E-state index in [1.807, 2.05) is 0 Å². The molecular weight excluding hydrogens is 232 g/mol. The second-order valence-electron chi connectivity index (χ2n) is 4.72. The Morgan fingerprint density at radius 3 is 2.44 bits per heavy atom. The predicted molar refractivity (Wildman–Crippen MR) is 58.6 cm³/mol. The molecular formula is C10H18O5S. The van der Waals surface area contributed by atoms with Crippen LogP contribution < -0.4 is 0 Å². The number of sulfone groups is 1. The number of hydrogen-bond acceptors (Lipinski definition) is 5. The highest BCUT2D eigenvalue weighted by Gasteiger charge is 2.55. The summed E-state index contributed by atoms with van der Waals surface area (Å²) >= 11 is 0. The minimum absolute atomic E-state index is 0.0770. The molecule has 6 heteroatoms. The standard InChI is InChI=1S/C10H18O5S/c1-4-15-8(11)9(2,3)10(12)5-6-16(13,14)7-10/h12H,4-7H2,1-3H3. The quantitative estimate of drug-likeness (QED) is 0.720. The number of carbonyl (C=O) groups is 1. The van der Waals surface area contributed by atoms with E-state index in [2.05, 4.69) is 0 Å². The summed E-state index contributed by atoms with van der Waals surface area (Å²) in [4.78, 5) is 11.7. The Labute approximate surface area is 95.7 Å². The zero-order valence-electron chi connectivity index (χ0n) is 9.82. The van der Waals surface area contributed by atoms with E-state index in [1.165, 1.54) is 13.8 Å². The summed E-state index contributed by atoms with van der Waals surface area (Å²) in [6.45, 7) is 4.92. The van der Waals surface area contributed by atoms with Gasteiger partial charge < -0.3 is 9.84 Å². The largest absolute Gasteiger partial charge is 0.465 e. The van der Waals surface area contributed by atoms with Crippen LogP contribution in [0.15, 0.2) is 0 Å². The van der Waals surface area contributed by atoms with Crippen molar-refractivity contribution in [3.05, 3.63) is 0 Å². The maximum Gasteiger partial charge on any atom is 0.314 e. The molecule has 1 N–H and O–H groups in total. The van der Waals surface area contributed by atoms with Gasteiger partial charge in [-0.25, -0.2) is 8.42 Å². The van der Waals surface area contributed by atoms with E-state index < -0.39 is 26.8 Å². The molecule has 0 bridgehead atoms. The molecule has 1 saturated heterocycles. The maximum absolute atomic E-state index is 11.7. The summed E-state index contributed by atoms with van der Waals surface area (Å²) in [5.41, 5.74) is -2.72. The van der Waals surface area contributed by atoms with Gasteiger partial charge in [0.05, 0.1) is 29.1 Å². The van der Waals surface area contributed by atoms with Crippen molar-refractivity contribution in [3.63, 3.8) is 0 Å². The fourth-order valence-corrected chi connectivity index (χ4v) is 3.85. The number of esters is 1. The van der Waals surface area contributed by atoms with Gasteiger partial charge in [-0.15, -0.1) is 0 Å². The molecule has 1 rings (SSSR count). The van der Waals surface area contributed by atoms with Crippen LogP contribution in [0, 0.1) is 5.41 Å². The van der Waals surface area contributed by atoms with Crippen molar-refractivity contribution in [2.75, 3.05) is 18.1 Å². The van der Waals surface area contributed by atoms with Gasteiger partial charge in [-0.1, -0.05) is 0 Å². The van der Waals surface area contributed by atoms with Gasteiger partial charge in [-0.3, -0.25) is 4.79 Å². The van der Waals surface area contributed by atoms with Crippen molar-refractivity contribution in [1.82, 2.24) is 0 Å². The van der Waals surface area contributed by atoms with Crippen LogP contribution >= 0.6 is 0 Å².